The minimum absolute atomic E-state index is 0. The van der Waals surface area contributed by atoms with E-state index in [2.05, 4.69) is 10.2 Å². The molecule has 22 heavy (non-hydrogen) atoms. The van der Waals surface area contributed by atoms with Crippen molar-refractivity contribution in [2.24, 2.45) is 5.41 Å². The van der Waals surface area contributed by atoms with Crippen molar-refractivity contribution in [3.63, 3.8) is 0 Å². The summed E-state index contributed by atoms with van der Waals surface area (Å²) in [6, 6.07) is 5.22. The van der Waals surface area contributed by atoms with Crippen LogP contribution in [0.1, 0.15) is 25.5 Å². The predicted octanol–water partition coefficient (Wildman–Crippen LogP) is 1.79. The first-order valence-electron chi connectivity index (χ1n) is 7.42. The average Bonchev–Trinajstić information content (AvgIpc) is 2.50. The van der Waals surface area contributed by atoms with Gasteiger partial charge in [0.05, 0.1) is 12.7 Å². The molecule has 0 aliphatic carbocycles. The number of hydrogen-bond donors (Lipinski definition) is 3. The van der Waals surface area contributed by atoms with E-state index in [0.29, 0.717) is 5.75 Å². The largest absolute Gasteiger partial charge is 0.507 e. The molecule has 1 heterocycles. The highest BCUT2D eigenvalue weighted by molar-refractivity contribution is 5.85. The zero-order valence-corrected chi connectivity index (χ0v) is 14.3. The molecule has 0 spiro atoms. The topological polar surface area (TPSA) is 65.0 Å². The molecule has 1 aromatic carbocycles. The Bertz CT molecular complexity index is 476. The van der Waals surface area contributed by atoms with Crippen LogP contribution >= 0.6 is 12.4 Å². The smallest absolute Gasteiger partial charge is 0.127 e. The third-order valence-electron chi connectivity index (χ3n) is 4.20. The Kier molecular flexibility index (Phi) is 6.94. The first-order chi connectivity index (χ1) is 10.0. The molecule has 1 aromatic rings. The number of rotatable bonds is 5. The number of ether oxygens (including phenoxy) is 1. The number of nitrogens with zero attached hydrogens (tertiary/aromatic N) is 1. The van der Waals surface area contributed by atoms with Gasteiger partial charge in [0.2, 0.25) is 0 Å². The van der Waals surface area contributed by atoms with E-state index in [1.807, 2.05) is 19.9 Å². The van der Waals surface area contributed by atoms with E-state index >= 15 is 0 Å². The third kappa shape index (κ3) is 3.84. The molecule has 0 saturated carbocycles. The lowest BCUT2D eigenvalue weighted by Gasteiger charge is -2.44. The molecule has 0 radical (unpaired) electrons. The SMILES string of the molecule is COc1cccc(O)c1[C@@H](N1CCNCC1)C(C)(C)CO.Cl. The molecule has 1 aliphatic heterocycles. The van der Waals surface area contributed by atoms with E-state index in [1.54, 1.807) is 19.2 Å². The molecule has 1 saturated heterocycles. The summed E-state index contributed by atoms with van der Waals surface area (Å²) in [6.45, 7) is 7.66. The van der Waals surface area contributed by atoms with Crippen LogP contribution in [0.25, 0.3) is 0 Å². The number of nitrogens with one attached hydrogen (secondary N) is 1. The number of aromatic hydroxyl groups is 1. The minimum Gasteiger partial charge on any atom is -0.507 e. The second-order valence-electron chi connectivity index (χ2n) is 6.23. The number of methoxy groups -OCH3 is 1. The van der Waals surface area contributed by atoms with Crippen molar-refractivity contribution < 1.29 is 14.9 Å². The van der Waals surface area contributed by atoms with Gasteiger partial charge in [-0.2, -0.15) is 0 Å². The van der Waals surface area contributed by atoms with Crippen molar-refractivity contribution in [2.75, 3.05) is 39.9 Å². The van der Waals surface area contributed by atoms with Crippen LogP contribution in [-0.4, -0.2) is 55.0 Å². The molecule has 1 aliphatic rings. The molecule has 0 amide bonds. The Morgan fingerprint density at radius 3 is 2.50 bits per heavy atom. The minimum atomic E-state index is -0.385. The Morgan fingerprint density at radius 1 is 1.32 bits per heavy atom. The monoisotopic (exact) mass is 330 g/mol. The molecule has 1 atom stereocenters. The van der Waals surface area contributed by atoms with Crippen LogP contribution in [0.3, 0.4) is 0 Å². The van der Waals surface area contributed by atoms with Crippen LogP contribution in [0, 0.1) is 5.41 Å². The summed E-state index contributed by atoms with van der Waals surface area (Å²) < 4.78 is 5.45. The van der Waals surface area contributed by atoms with Gasteiger partial charge in [-0.05, 0) is 12.1 Å². The van der Waals surface area contributed by atoms with Crippen molar-refractivity contribution in [1.29, 1.82) is 0 Å². The first kappa shape index (κ1) is 19.0. The highest BCUT2D eigenvalue weighted by Gasteiger charge is 2.38. The van der Waals surface area contributed by atoms with Crippen molar-refractivity contribution in [3.8, 4) is 11.5 Å². The average molecular weight is 331 g/mol. The lowest BCUT2D eigenvalue weighted by molar-refractivity contribution is 0.0280. The van der Waals surface area contributed by atoms with Gasteiger partial charge in [-0.3, -0.25) is 4.90 Å². The van der Waals surface area contributed by atoms with Gasteiger partial charge in [-0.15, -0.1) is 12.4 Å². The van der Waals surface area contributed by atoms with E-state index in [1.165, 1.54) is 0 Å². The Hall–Kier alpha value is -1.01. The normalized spacial score (nSPS) is 17.6. The molecular weight excluding hydrogens is 304 g/mol. The third-order valence-corrected chi connectivity index (χ3v) is 4.20. The van der Waals surface area contributed by atoms with Crippen molar-refractivity contribution in [3.05, 3.63) is 23.8 Å². The van der Waals surface area contributed by atoms with Gasteiger partial charge in [-0.25, -0.2) is 0 Å². The van der Waals surface area contributed by atoms with Crippen LogP contribution < -0.4 is 10.1 Å². The highest BCUT2D eigenvalue weighted by atomic mass is 35.5. The van der Waals surface area contributed by atoms with Crippen LogP contribution in [0.5, 0.6) is 11.5 Å². The van der Waals surface area contributed by atoms with Crippen LogP contribution in [0.4, 0.5) is 0 Å². The lowest BCUT2D eigenvalue weighted by Crippen LogP contribution is -2.49. The summed E-state index contributed by atoms with van der Waals surface area (Å²) >= 11 is 0. The van der Waals surface area contributed by atoms with Gasteiger partial charge in [0.25, 0.3) is 0 Å². The van der Waals surface area contributed by atoms with Gasteiger partial charge >= 0.3 is 0 Å². The summed E-state index contributed by atoms with van der Waals surface area (Å²) in [4.78, 5) is 2.31. The maximum Gasteiger partial charge on any atom is 0.127 e. The number of phenolic OH excluding ortho intramolecular Hbond substituents is 1. The molecule has 0 unspecified atom stereocenters. The Labute approximate surface area is 138 Å². The quantitative estimate of drug-likeness (QED) is 0.768. The van der Waals surface area contributed by atoms with Gasteiger partial charge in [-0.1, -0.05) is 19.9 Å². The molecule has 0 aromatic heterocycles. The van der Waals surface area contributed by atoms with Gasteiger partial charge in [0.1, 0.15) is 11.5 Å². The van der Waals surface area contributed by atoms with Gasteiger partial charge in [0.15, 0.2) is 0 Å². The second kappa shape index (κ2) is 8.02. The number of piperazine rings is 1. The number of phenols is 1. The molecule has 6 heteroatoms. The number of halogens is 1. The summed E-state index contributed by atoms with van der Waals surface area (Å²) in [5.41, 5.74) is 0.379. The van der Waals surface area contributed by atoms with Crippen LogP contribution in [0.2, 0.25) is 0 Å². The zero-order chi connectivity index (χ0) is 15.5. The molecular formula is C16H27ClN2O3. The molecule has 0 bridgehead atoms. The summed E-state index contributed by atoms with van der Waals surface area (Å²) in [7, 11) is 1.61. The Balaban J connectivity index is 0.00000242. The second-order valence-corrected chi connectivity index (χ2v) is 6.23. The lowest BCUT2D eigenvalue weighted by atomic mass is 9.79. The van der Waals surface area contributed by atoms with Gasteiger partial charge in [0, 0.05) is 44.2 Å². The standard InChI is InChI=1S/C16H26N2O3.ClH/c1-16(2,11-19)15(18-9-7-17-8-10-18)14-12(20)5-4-6-13(14)21-3;/h4-6,15,17,19-20H,7-11H2,1-3H3;1H/t15-;/m1./s1. The molecule has 3 N–H and O–H groups in total. The fourth-order valence-electron chi connectivity index (χ4n) is 3.08. The number of aliphatic hydroxyl groups excluding tert-OH is 1. The van der Waals surface area contributed by atoms with E-state index in [9.17, 15) is 10.2 Å². The summed E-state index contributed by atoms with van der Waals surface area (Å²) in [5.74, 6) is 0.888. The van der Waals surface area contributed by atoms with E-state index in [4.69, 9.17) is 4.74 Å². The number of aliphatic hydroxyl groups is 1. The maximum atomic E-state index is 10.4. The molecule has 126 valence electrons. The van der Waals surface area contributed by atoms with E-state index < -0.39 is 0 Å². The Morgan fingerprint density at radius 2 is 1.95 bits per heavy atom. The van der Waals surface area contributed by atoms with Crippen LogP contribution in [0.15, 0.2) is 18.2 Å². The predicted molar refractivity (Wildman–Crippen MR) is 90.0 cm³/mol. The van der Waals surface area contributed by atoms with Crippen molar-refractivity contribution in [2.45, 2.75) is 19.9 Å². The first-order valence-corrected chi connectivity index (χ1v) is 7.42. The van der Waals surface area contributed by atoms with Crippen molar-refractivity contribution in [1.82, 2.24) is 10.2 Å². The number of benzene rings is 1. The van der Waals surface area contributed by atoms with Crippen molar-refractivity contribution >= 4 is 12.4 Å². The highest BCUT2D eigenvalue weighted by Crippen LogP contribution is 2.45. The zero-order valence-electron chi connectivity index (χ0n) is 13.5. The van der Waals surface area contributed by atoms with E-state index in [0.717, 1.165) is 31.7 Å². The maximum absolute atomic E-state index is 10.4. The number of hydrogen-bond acceptors (Lipinski definition) is 5. The summed E-state index contributed by atoms with van der Waals surface area (Å²) in [5, 5.41) is 23.6. The fourth-order valence-corrected chi connectivity index (χ4v) is 3.08. The fraction of sp³-hybridized carbons (Fsp3) is 0.625. The summed E-state index contributed by atoms with van der Waals surface area (Å²) in [6.07, 6.45) is 0. The van der Waals surface area contributed by atoms with Gasteiger partial charge < -0.3 is 20.3 Å². The molecule has 5 nitrogen and oxygen atoms in total. The molecule has 1 fully saturated rings. The van der Waals surface area contributed by atoms with Crippen LogP contribution in [-0.2, 0) is 0 Å². The van der Waals surface area contributed by atoms with E-state index in [-0.39, 0.29) is 36.2 Å². The molecule has 2 rings (SSSR count).